The zero-order valence-electron chi connectivity index (χ0n) is 6.00. The van der Waals surface area contributed by atoms with Crippen LogP contribution in [0.25, 0.3) is 0 Å². The third-order valence-corrected chi connectivity index (χ3v) is 3.40. The van der Waals surface area contributed by atoms with Crippen molar-refractivity contribution in [2.24, 2.45) is 0 Å². The summed E-state index contributed by atoms with van der Waals surface area (Å²) >= 11 is 15.4. The van der Waals surface area contributed by atoms with Crippen molar-refractivity contribution in [3.63, 3.8) is 0 Å². The number of alkyl halides is 3. The van der Waals surface area contributed by atoms with Gasteiger partial charge >= 0.3 is 29.6 Å². The average molecular weight is 265 g/mol. The minimum atomic E-state index is -4.92. The minimum absolute atomic E-state index is 0. The van der Waals surface area contributed by atoms with E-state index in [2.05, 4.69) is 0 Å². The quantitative estimate of drug-likeness (QED) is 0.341. The summed E-state index contributed by atoms with van der Waals surface area (Å²) in [5.74, 6) is -0.557. The van der Waals surface area contributed by atoms with Crippen molar-refractivity contribution in [1.82, 2.24) is 0 Å². The Morgan fingerprint density at radius 3 is 1.92 bits per heavy atom. The van der Waals surface area contributed by atoms with Crippen molar-refractivity contribution in [3.05, 3.63) is 0 Å². The van der Waals surface area contributed by atoms with Crippen molar-refractivity contribution < 1.29 is 47.6 Å². The normalized spacial score (nSPS) is 15.1. The molecule has 0 bridgehead atoms. The molecule has 0 radical (unpaired) electrons. The summed E-state index contributed by atoms with van der Waals surface area (Å²) < 4.78 is 28.2. The molecule has 0 saturated carbocycles. The monoisotopic (exact) mass is 264 g/mol. The van der Waals surface area contributed by atoms with Crippen molar-refractivity contribution >= 4 is 44.9 Å². The topological polar surface area (TPSA) is 77.4 Å². The van der Waals surface area contributed by atoms with E-state index in [0.717, 1.165) is 0 Å². The SMILES string of the molecule is O=S(=O)([O-])C(O)C(Cl)(Cl)CCl.[Na+]. The van der Waals surface area contributed by atoms with Gasteiger partial charge in [-0.25, -0.2) is 8.42 Å². The van der Waals surface area contributed by atoms with Crippen LogP contribution in [-0.2, 0) is 10.1 Å². The second-order valence-electron chi connectivity index (χ2n) is 1.74. The van der Waals surface area contributed by atoms with Crippen molar-refractivity contribution in [2.45, 2.75) is 9.77 Å². The van der Waals surface area contributed by atoms with Crippen molar-refractivity contribution in [2.75, 3.05) is 5.88 Å². The standard InChI is InChI=1S/C3H5Cl3O4S.Na/c4-1-3(5,6)2(7)11(8,9)10;/h2,7H,1H2,(H,8,9,10);/q;+1/p-1. The molecule has 0 aliphatic rings. The van der Waals surface area contributed by atoms with E-state index in [1.165, 1.54) is 0 Å². The minimum Gasteiger partial charge on any atom is -0.746 e. The van der Waals surface area contributed by atoms with E-state index in [0.29, 0.717) is 0 Å². The Kier molecular flexibility index (Phi) is 7.52. The van der Waals surface area contributed by atoms with Gasteiger partial charge in [-0.2, -0.15) is 0 Å². The Morgan fingerprint density at radius 2 is 1.83 bits per heavy atom. The second-order valence-corrected chi connectivity index (χ2v) is 4.98. The maximum Gasteiger partial charge on any atom is 1.00 e. The molecule has 0 rings (SSSR count). The van der Waals surface area contributed by atoms with E-state index in [-0.39, 0.29) is 29.6 Å². The van der Waals surface area contributed by atoms with Gasteiger partial charge in [0, 0.05) is 0 Å². The van der Waals surface area contributed by atoms with Crippen LogP contribution < -0.4 is 29.6 Å². The van der Waals surface area contributed by atoms with E-state index in [1.54, 1.807) is 0 Å². The van der Waals surface area contributed by atoms with E-state index in [4.69, 9.17) is 39.9 Å². The third-order valence-electron chi connectivity index (χ3n) is 0.813. The van der Waals surface area contributed by atoms with Gasteiger partial charge in [-0.05, 0) is 0 Å². The molecule has 9 heteroatoms. The van der Waals surface area contributed by atoms with Crippen molar-refractivity contribution in [3.8, 4) is 0 Å². The van der Waals surface area contributed by atoms with Gasteiger partial charge in [0.2, 0.25) is 0 Å². The van der Waals surface area contributed by atoms with Gasteiger partial charge in [-0.15, -0.1) is 11.6 Å². The molecule has 1 unspecified atom stereocenters. The number of aliphatic hydroxyl groups excluding tert-OH is 1. The molecule has 0 aromatic carbocycles. The Balaban J connectivity index is 0. The van der Waals surface area contributed by atoms with Crippen LogP contribution >= 0.6 is 34.8 Å². The number of rotatable bonds is 3. The first-order valence-electron chi connectivity index (χ1n) is 2.28. The molecule has 0 aliphatic carbocycles. The van der Waals surface area contributed by atoms with Crippen LogP contribution in [0.1, 0.15) is 0 Å². The Labute approximate surface area is 107 Å². The summed E-state index contributed by atoms with van der Waals surface area (Å²) in [6.45, 7) is 0. The van der Waals surface area contributed by atoms with Crippen LogP contribution in [0, 0.1) is 0 Å². The van der Waals surface area contributed by atoms with Crippen LogP contribution in [0.15, 0.2) is 0 Å². The zero-order valence-corrected chi connectivity index (χ0v) is 11.1. The number of hydrogen-bond donors (Lipinski definition) is 1. The number of halogens is 3. The van der Waals surface area contributed by atoms with Crippen LogP contribution in [0.5, 0.6) is 0 Å². The molecule has 1 atom stereocenters. The zero-order chi connectivity index (χ0) is 9.28. The average Bonchev–Trinajstić information content (AvgIpc) is 1.84. The molecule has 0 heterocycles. The molecular formula is C3H4Cl3NaO4S. The summed E-state index contributed by atoms with van der Waals surface area (Å²) in [4.78, 5) is 0. The molecule has 0 amide bonds. The van der Waals surface area contributed by atoms with E-state index < -0.39 is 25.8 Å². The molecule has 0 aromatic rings. The van der Waals surface area contributed by atoms with Crippen molar-refractivity contribution in [1.29, 1.82) is 0 Å². The second kappa shape index (κ2) is 5.58. The van der Waals surface area contributed by atoms with Gasteiger partial charge in [0.05, 0.1) is 5.88 Å². The maximum atomic E-state index is 10.1. The molecule has 0 spiro atoms. The Morgan fingerprint density at radius 1 is 1.50 bits per heavy atom. The predicted octanol–water partition coefficient (Wildman–Crippen LogP) is -2.73. The van der Waals surface area contributed by atoms with Crippen LogP contribution in [0.3, 0.4) is 0 Å². The largest absolute Gasteiger partial charge is 1.00 e. The first kappa shape index (κ1) is 16.2. The van der Waals surface area contributed by atoms with Gasteiger partial charge in [0.25, 0.3) is 0 Å². The third kappa shape index (κ3) is 4.83. The number of hydrogen-bond acceptors (Lipinski definition) is 4. The van der Waals surface area contributed by atoms with E-state index in [1.807, 2.05) is 0 Å². The van der Waals surface area contributed by atoms with Gasteiger partial charge in [0.15, 0.2) is 9.77 Å². The summed E-state index contributed by atoms with van der Waals surface area (Å²) in [5, 5.41) is 8.66. The molecule has 0 saturated heterocycles. The van der Waals surface area contributed by atoms with Gasteiger partial charge in [-0.1, -0.05) is 23.2 Å². The summed E-state index contributed by atoms with van der Waals surface area (Å²) in [7, 11) is -4.92. The fraction of sp³-hybridized carbons (Fsp3) is 1.00. The fourth-order valence-corrected chi connectivity index (χ4v) is 1.68. The molecule has 0 fully saturated rings. The molecule has 12 heavy (non-hydrogen) atoms. The van der Waals surface area contributed by atoms with Crippen LogP contribution in [-0.4, -0.2) is 33.7 Å². The summed E-state index contributed by atoms with van der Waals surface area (Å²) in [5.41, 5.74) is -2.41. The Hall–Kier alpha value is 1.74. The van der Waals surface area contributed by atoms with E-state index >= 15 is 0 Å². The molecular weight excluding hydrogens is 261 g/mol. The van der Waals surface area contributed by atoms with E-state index in [9.17, 15) is 13.0 Å². The van der Waals surface area contributed by atoms with Crippen LogP contribution in [0.4, 0.5) is 0 Å². The van der Waals surface area contributed by atoms with Gasteiger partial charge in [0.1, 0.15) is 10.1 Å². The summed E-state index contributed by atoms with van der Waals surface area (Å²) in [6, 6.07) is 0. The molecule has 0 aromatic heterocycles. The smallest absolute Gasteiger partial charge is 0.746 e. The molecule has 0 aliphatic heterocycles. The summed E-state index contributed by atoms with van der Waals surface area (Å²) in [6.07, 6.45) is 0. The molecule has 68 valence electrons. The molecule has 4 nitrogen and oxygen atoms in total. The first-order valence-corrected chi connectivity index (χ1v) is 5.04. The van der Waals surface area contributed by atoms with Gasteiger partial charge in [-0.3, -0.25) is 0 Å². The number of aliphatic hydroxyl groups is 1. The Bertz CT molecular complexity index is 228. The fourth-order valence-electron chi connectivity index (χ4n) is 0.277. The predicted molar refractivity (Wildman–Crippen MR) is 40.9 cm³/mol. The maximum absolute atomic E-state index is 10.1. The van der Waals surface area contributed by atoms with Gasteiger partial charge < -0.3 is 9.66 Å². The van der Waals surface area contributed by atoms with Crippen LogP contribution in [0.2, 0.25) is 0 Å². The first-order chi connectivity index (χ1) is 4.72. The molecule has 1 N–H and O–H groups in total.